The highest BCUT2D eigenvalue weighted by atomic mass is 35.5. The molecule has 0 radical (unpaired) electrons. The third-order valence-electron chi connectivity index (χ3n) is 4.28. The number of nitrogens with zero attached hydrogens (tertiary/aromatic N) is 6. The van der Waals surface area contributed by atoms with Gasteiger partial charge in [-0.25, -0.2) is 0 Å². The van der Waals surface area contributed by atoms with Crippen molar-refractivity contribution in [3.8, 4) is 0 Å². The van der Waals surface area contributed by atoms with Gasteiger partial charge in [-0.2, -0.15) is 15.0 Å². The van der Waals surface area contributed by atoms with Gasteiger partial charge in [-0.1, -0.05) is 28.8 Å². The molecule has 1 aliphatic rings. The molecule has 0 spiro atoms. The molecule has 1 amide bonds. The number of hydrogen-bond donors (Lipinski definition) is 2. The first-order valence-electron chi connectivity index (χ1n) is 9.01. The Balaban J connectivity index is 1.51. The van der Waals surface area contributed by atoms with E-state index in [2.05, 4.69) is 35.8 Å². The van der Waals surface area contributed by atoms with Gasteiger partial charge in [-0.3, -0.25) is 10.1 Å². The highest BCUT2D eigenvalue weighted by Gasteiger charge is 2.28. The van der Waals surface area contributed by atoms with Crippen molar-refractivity contribution < 1.29 is 9.21 Å². The van der Waals surface area contributed by atoms with Crippen molar-refractivity contribution in [1.82, 2.24) is 25.1 Å². The lowest BCUT2D eigenvalue weighted by atomic mass is 10.2. The number of rotatable bonds is 6. The zero-order chi connectivity index (χ0) is 20.5. The second kappa shape index (κ2) is 7.63. The maximum Gasteiger partial charge on any atom is 0.322 e. The van der Waals surface area contributed by atoms with E-state index in [-0.39, 0.29) is 17.9 Å². The van der Waals surface area contributed by atoms with Crippen LogP contribution in [0.1, 0.15) is 40.8 Å². The maximum absolute atomic E-state index is 12.4. The molecule has 2 N–H and O–H groups in total. The SMILES string of the molecule is Cc1cccc(Cl)c1NC(=O)c1nnc(Nc2nc(C3CC3)nc(N(C)C)n2)o1. The minimum Gasteiger partial charge on any atom is -0.399 e. The maximum atomic E-state index is 12.4. The number of para-hydroxylation sites is 1. The molecule has 11 heteroatoms. The smallest absolute Gasteiger partial charge is 0.322 e. The molecule has 2 aromatic heterocycles. The Bertz CT molecular complexity index is 1020. The third-order valence-corrected chi connectivity index (χ3v) is 4.60. The van der Waals surface area contributed by atoms with Crippen molar-refractivity contribution in [2.75, 3.05) is 29.6 Å². The summed E-state index contributed by atoms with van der Waals surface area (Å²) >= 11 is 6.14. The molecule has 150 valence electrons. The highest BCUT2D eigenvalue weighted by molar-refractivity contribution is 6.34. The van der Waals surface area contributed by atoms with E-state index in [0.717, 1.165) is 24.2 Å². The van der Waals surface area contributed by atoms with Crippen LogP contribution in [0.4, 0.5) is 23.6 Å². The summed E-state index contributed by atoms with van der Waals surface area (Å²) in [6.45, 7) is 1.84. The molecule has 2 heterocycles. The molecule has 10 nitrogen and oxygen atoms in total. The van der Waals surface area contributed by atoms with Crippen LogP contribution in [0.2, 0.25) is 5.02 Å². The predicted molar refractivity (Wildman–Crippen MR) is 108 cm³/mol. The lowest BCUT2D eigenvalue weighted by Gasteiger charge is -2.12. The molecule has 0 aliphatic heterocycles. The van der Waals surface area contributed by atoms with Gasteiger partial charge in [0, 0.05) is 20.0 Å². The van der Waals surface area contributed by atoms with Gasteiger partial charge in [0.2, 0.25) is 11.9 Å². The average molecular weight is 415 g/mol. The van der Waals surface area contributed by atoms with Crippen molar-refractivity contribution >= 4 is 41.1 Å². The van der Waals surface area contributed by atoms with Crippen LogP contribution in [0.3, 0.4) is 0 Å². The van der Waals surface area contributed by atoms with Gasteiger partial charge in [0.15, 0.2) is 0 Å². The van der Waals surface area contributed by atoms with Gasteiger partial charge in [0.1, 0.15) is 5.82 Å². The lowest BCUT2D eigenvalue weighted by molar-refractivity contribution is 0.0991. The number of halogens is 1. The largest absolute Gasteiger partial charge is 0.399 e. The van der Waals surface area contributed by atoms with Crippen LogP contribution in [-0.2, 0) is 0 Å². The lowest BCUT2D eigenvalue weighted by Crippen LogP contribution is -2.16. The topological polar surface area (TPSA) is 122 Å². The van der Waals surface area contributed by atoms with Gasteiger partial charge < -0.3 is 14.6 Å². The first-order chi connectivity index (χ1) is 13.9. The summed E-state index contributed by atoms with van der Waals surface area (Å²) in [5, 5.41) is 13.6. The predicted octanol–water partition coefficient (Wildman–Crippen LogP) is 3.16. The molecule has 3 aromatic rings. The van der Waals surface area contributed by atoms with E-state index >= 15 is 0 Å². The van der Waals surface area contributed by atoms with Crippen molar-refractivity contribution in [2.24, 2.45) is 0 Å². The molecule has 0 saturated heterocycles. The summed E-state index contributed by atoms with van der Waals surface area (Å²) in [4.78, 5) is 27.4. The van der Waals surface area contributed by atoms with Crippen LogP contribution >= 0.6 is 11.6 Å². The summed E-state index contributed by atoms with van der Waals surface area (Å²) in [6.07, 6.45) is 2.12. The summed E-state index contributed by atoms with van der Waals surface area (Å²) in [7, 11) is 3.70. The van der Waals surface area contributed by atoms with Crippen molar-refractivity contribution in [3.63, 3.8) is 0 Å². The number of carbonyl (C=O) groups is 1. The molecule has 1 saturated carbocycles. The Morgan fingerprint density at radius 1 is 1.21 bits per heavy atom. The van der Waals surface area contributed by atoms with E-state index in [1.54, 1.807) is 17.0 Å². The van der Waals surface area contributed by atoms with Crippen LogP contribution in [-0.4, -0.2) is 45.2 Å². The first-order valence-corrected chi connectivity index (χ1v) is 9.39. The minimum atomic E-state index is -0.565. The number of carbonyl (C=O) groups excluding carboxylic acids is 1. The Labute approximate surface area is 171 Å². The minimum absolute atomic E-state index is 0.00341. The number of benzene rings is 1. The van der Waals surface area contributed by atoms with Gasteiger partial charge >= 0.3 is 17.8 Å². The van der Waals surface area contributed by atoms with Crippen LogP contribution in [0, 0.1) is 6.92 Å². The van der Waals surface area contributed by atoms with Crippen molar-refractivity contribution in [3.05, 3.63) is 40.5 Å². The number of amides is 1. The van der Waals surface area contributed by atoms with E-state index < -0.39 is 5.91 Å². The second-order valence-electron chi connectivity index (χ2n) is 6.91. The standard InChI is InChI=1S/C18H19ClN8O2/c1-9-5-4-6-11(19)12(9)20-14(28)15-25-26-18(29-15)24-16-21-13(10-7-8-10)22-17(23-16)27(2)3/h4-6,10H,7-8H2,1-3H3,(H,20,28)(H,21,22,23,24,26). The molecule has 29 heavy (non-hydrogen) atoms. The average Bonchev–Trinajstić information content (AvgIpc) is 3.44. The van der Waals surface area contributed by atoms with Crippen LogP contribution in [0.25, 0.3) is 0 Å². The van der Waals surface area contributed by atoms with E-state index in [4.69, 9.17) is 16.0 Å². The quantitative estimate of drug-likeness (QED) is 0.626. The van der Waals surface area contributed by atoms with Gasteiger partial charge in [0.05, 0.1) is 10.7 Å². The van der Waals surface area contributed by atoms with Gasteiger partial charge in [-0.05, 0) is 31.4 Å². The van der Waals surface area contributed by atoms with Crippen LogP contribution in [0.5, 0.6) is 0 Å². The number of anilines is 4. The van der Waals surface area contributed by atoms with Crippen LogP contribution < -0.4 is 15.5 Å². The zero-order valence-corrected chi connectivity index (χ0v) is 16.9. The Morgan fingerprint density at radius 3 is 2.69 bits per heavy atom. The van der Waals surface area contributed by atoms with Crippen molar-refractivity contribution in [2.45, 2.75) is 25.7 Å². The molecular formula is C18H19ClN8O2. The van der Waals surface area contributed by atoms with E-state index in [9.17, 15) is 4.79 Å². The fourth-order valence-corrected chi connectivity index (χ4v) is 2.85. The third kappa shape index (κ3) is 4.27. The van der Waals surface area contributed by atoms with Gasteiger partial charge in [0.25, 0.3) is 0 Å². The van der Waals surface area contributed by atoms with E-state index in [1.165, 1.54) is 0 Å². The Kier molecular flexibility index (Phi) is 5.01. The molecule has 0 bridgehead atoms. The molecule has 0 unspecified atom stereocenters. The number of aromatic nitrogens is 5. The Hall–Kier alpha value is -3.27. The molecule has 1 fully saturated rings. The van der Waals surface area contributed by atoms with E-state index in [1.807, 2.05) is 27.1 Å². The van der Waals surface area contributed by atoms with Crippen LogP contribution in [0.15, 0.2) is 22.6 Å². The number of hydrogen-bond acceptors (Lipinski definition) is 9. The monoisotopic (exact) mass is 414 g/mol. The molecule has 0 atom stereocenters. The number of nitrogens with one attached hydrogen (secondary N) is 2. The Morgan fingerprint density at radius 2 is 2.00 bits per heavy atom. The summed E-state index contributed by atoms with van der Waals surface area (Å²) in [6, 6.07) is 5.33. The number of aryl methyl sites for hydroxylation is 1. The van der Waals surface area contributed by atoms with Crippen molar-refractivity contribution in [1.29, 1.82) is 0 Å². The molecule has 1 aromatic carbocycles. The molecule has 1 aliphatic carbocycles. The summed E-state index contributed by atoms with van der Waals surface area (Å²) < 4.78 is 5.42. The summed E-state index contributed by atoms with van der Waals surface area (Å²) in [5.74, 6) is 1.10. The first kappa shape index (κ1) is 19.1. The fraction of sp³-hybridized carbons (Fsp3) is 0.333. The fourth-order valence-electron chi connectivity index (χ4n) is 2.58. The van der Waals surface area contributed by atoms with Gasteiger partial charge in [-0.15, -0.1) is 5.10 Å². The molecule has 4 rings (SSSR count). The van der Waals surface area contributed by atoms with E-state index in [0.29, 0.717) is 22.6 Å². The molecular weight excluding hydrogens is 396 g/mol. The summed E-state index contributed by atoms with van der Waals surface area (Å²) in [5.41, 5.74) is 1.31. The zero-order valence-electron chi connectivity index (χ0n) is 16.1. The normalized spacial score (nSPS) is 13.2. The second-order valence-corrected chi connectivity index (χ2v) is 7.32. The highest BCUT2D eigenvalue weighted by Crippen LogP contribution is 2.38.